The van der Waals surface area contributed by atoms with Gasteiger partial charge in [-0.1, -0.05) is 20.8 Å². The lowest BCUT2D eigenvalue weighted by atomic mass is 9.96. The van der Waals surface area contributed by atoms with Crippen molar-refractivity contribution in [1.82, 2.24) is 4.90 Å². The largest absolute Gasteiger partial charge is 0.344 e. The van der Waals surface area contributed by atoms with Gasteiger partial charge in [0.1, 0.15) is 9.84 Å². The van der Waals surface area contributed by atoms with Crippen LogP contribution in [0.2, 0.25) is 0 Å². The summed E-state index contributed by atoms with van der Waals surface area (Å²) in [6, 6.07) is -0.739. The van der Waals surface area contributed by atoms with Crippen LogP contribution in [0, 0.1) is 5.41 Å². The Morgan fingerprint density at radius 3 is 2.18 bits per heavy atom. The van der Waals surface area contributed by atoms with E-state index in [2.05, 4.69) is 0 Å². The van der Waals surface area contributed by atoms with E-state index in [1.54, 1.807) is 11.9 Å². The second-order valence-electron chi connectivity index (χ2n) is 5.78. The van der Waals surface area contributed by atoms with Gasteiger partial charge in [0.25, 0.3) is 0 Å². The Kier molecular flexibility index (Phi) is 5.61. The van der Waals surface area contributed by atoms with Crippen LogP contribution in [-0.4, -0.2) is 50.9 Å². The SMILES string of the molecule is CN(CC(C)(C)C)C(=O)C(N)CCS(C)(=O)=O. The minimum atomic E-state index is -3.06. The molecule has 0 aromatic carbocycles. The number of carbonyl (C=O) groups excluding carboxylic acids is 1. The van der Waals surface area contributed by atoms with Crippen molar-refractivity contribution in [2.24, 2.45) is 11.1 Å². The number of hydrogen-bond acceptors (Lipinski definition) is 4. The van der Waals surface area contributed by atoms with E-state index in [9.17, 15) is 13.2 Å². The number of hydrogen-bond donors (Lipinski definition) is 1. The zero-order valence-electron chi connectivity index (χ0n) is 11.4. The van der Waals surface area contributed by atoms with Crippen molar-refractivity contribution < 1.29 is 13.2 Å². The third-order valence-electron chi connectivity index (χ3n) is 2.20. The molecule has 0 radical (unpaired) electrons. The van der Waals surface area contributed by atoms with Crippen LogP contribution >= 0.6 is 0 Å². The minimum Gasteiger partial charge on any atom is -0.344 e. The molecule has 2 N–H and O–H groups in total. The Labute approximate surface area is 104 Å². The average molecular weight is 264 g/mol. The molecule has 6 heteroatoms. The maximum atomic E-state index is 11.8. The molecule has 0 saturated heterocycles. The summed E-state index contributed by atoms with van der Waals surface area (Å²) in [6.07, 6.45) is 1.31. The van der Waals surface area contributed by atoms with Gasteiger partial charge in [-0.25, -0.2) is 8.42 Å². The standard InChI is InChI=1S/C11H24N2O3S/c1-11(2,3)8-13(4)10(14)9(12)6-7-17(5,15)16/h9H,6-8,12H2,1-5H3. The van der Waals surface area contributed by atoms with E-state index in [0.29, 0.717) is 6.54 Å². The lowest BCUT2D eigenvalue weighted by Crippen LogP contribution is -2.45. The van der Waals surface area contributed by atoms with Crippen LogP contribution in [0.5, 0.6) is 0 Å². The lowest BCUT2D eigenvalue weighted by Gasteiger charge is -2.28. The molecule has 0 aliphatic rings. The zero-order valence-corrected chi connectivity index (χ0v) is 12.2. The van der Waals surface area contributed by atoms with Gasteiger partial charge >= 0.3 is 0 Å². The first-order valence-electron chi connectivity index (χ1n) is 5.61. The predicted octanol–water partition coefficient (Wildman–Crippen LogP) is 0.253. The van der Waals surface area contributed by atoms with Crippen molar-refractivity contribution in [1.29, 1.82) is 0 Å². The van der Waals surface area contributed by atoms with Crippen molar-refractivity contribution in [3.05, 3.63) is 0 Å². The van der Waals surface area contributed by atoms with Gasteiger partial charge in [0.15, 0.2) is 0 Å². The van der Waals surface area contributed by atoms with Gasteiger partial charge in [0.2, 0.25) is 5.91 Å². The first-order valence-corrected chi connectivity index (χ1v) is 7.67. The van der Waals surface area contributed by atoms with Gasteiger partial charge < -0.3 is 10.6 Å². The Morgan fingerprint density at radius 2 is 1.82 bits per heavy atom. The molecule has 102 valence electrons. The van der Waals surface area contributed by atoms with Crippen molar-refractivity contribution in [2.45, 2.75) is 33.2 Å². The van der Waals surface area contributed by atoms with Crippen LogP contribution < -0.4 is 5.73 Å². The minimum absolute atomic E-state index is 0.000955. The molecule has 0 aliphatic heterocycles. The fourth-order valence-corrected chi connectivity index (χ4v) is 2.22. The smallest absolute Gasteiger partial charge is 0.239 e. The predicted molar refractivity (Wildman–Crippen MR) is 69.4 cm³/mol. The number of likely N-dealkylation sites (N-methyl/N-ethyl adjacent to an activating group) is 1. The molecule has 0 rings (SSSR count). The molecule has 0 aromatic rings. The van der Waals surface area contributed by atoms with E-state index in [1.165, 1.54) is 0 Å². The summed E-state index contributed by atoms with van der Waals surface area (Å²) in [4.78, 5) is 13.4. The molecular weight excluding hydrogens is 240 g/mol. The van der Waals surface area contributed by atoms with Crippen molar-refractivity contribution >= 4 is 15.7 Å². The number of carbonyl (C=O) groups is 1. The Hall–Kier alpha value is -0.620. The molecule has 5 nitrogen and oxygen atoms in total. The van der Waals surface area contributed by atoms with Crippen molar-refractivity contribution in [2.75, 3.05) is 25.6 Å². The summed E-state index contributed by atoms with van der Waals surface area (Å²) in [5.74, 6) is -0.257. The summed E-state index contributed by atoms with van der Waals surface area (Å²) in [5.41, 5.74) is 5.69. The van der Waals surface area contributed by atoms with E-state index < -0.39 is 15.9 Å². The maximum Gasteiger partial charge on any atom is 0.239 e. The van der Waals surface area contributed by atoms with Crippen LogP contribution in [0.15, 0.2) is 0 Å². The number of sulfone groups is 1. The normalized spacial score (nSPS) is 14.5. The second kappa shape index (κ2) is 5.82. The van der Waals surface area contributed by atoms with Gasteiger partial charge in [-0.3, -0.25) is 4.79 Å². The molecule has 17 heavy (non-hydrogen) atoms. The third-order valence-corrected chi connectivity index (χ3v) is 3.18. The molecule has 0 bridgehead atoms. The molecule has 0 spiro atoms. The molecule has 1 unspecified atom stereocenters. The van der Waals surface area contributed by atoms with E-state index in [1.807, 2.05) is 20.8 Å². The second-order valence-corrected chi connectivity index (χ2v) is 8.04. The highest BCUT2D eigenvalue weighted by Crippen LogP contribution is 2.14. The number of nitrogens with two attached hydrogens (primary N) is 1. The van der Waals surface area contributed by atoms with E-state index in [-0.39, 0.29) is 23.5 Å². The van der Waals surface area contributed by atoms with Crippen LogP contribution in [-0.2, 0) is 14.6 Å². The Balaban J connectivity index is 4.31. The van der Waals surface area contributed by atoms with Gasteiger partial charge in [-0.15, -0.1) is 0 Å². The Morgan fingerprint density at radius 1 is 1.35 bits per heavy atom. The summed E-state index contributed by atoms with van der Waals surface area (Å²) in [6.45, 7) is 6.68. The van der Waals surface area contributed by atoms with Gasteiger partial charge in [-0.2, -0.15) is 0 Å². The highest BCUT2D eigenvalue weighted by molar-refractivity contribution is 7.90. The van der Waals surface area contributed by atoms with Crippen LogP contribution in [0.25, 0.3) is 0 Å². The van der Waals surface area contributed by atoms with Gasteiger partial charge in [0, 0.05) is 19.8 Å². The third kappa shape index (κ3) is 8.15. The molecule has 0 heterocycles. The maximum absolute atomic E-state index is 11.8. The highest BCUT2D eigenvalue weighted by Gasteiger charge is 2.23. The van der Waals surface area contributed by atoms with E-state index in [4.69, 9.17) is 5.73 Å². The van der Waals surface area contributed by atoms with E-state index in [0.717, 1.165) is 6.26 Å². The van der Waals surface area contributed by atoms with E-state index >= 15 is 0 Å². The first-order chi connectivity index (χ1) is 7.42. The fraction of sp³-hybridized carbons (Fsp3) is 0.909. The molecule has 0 fully saturated rings. The van der Waals surface area contributed by atoms with Gasteiger partial charge in [-0.05, 0) is 11.8 Å². The number of nitrogens with zero attached hydrogens (tertiary/aromatic N) is 1. The summed E-state index contributed by atoms with van der Waals surface area (Å²) >= 11 is 0. The van der Waals surface area contributed by atoms with Crippen LogP contribution in [0.1, 0.15) is 27.2 Å². The van der Waals surface area contributed by atoms with Crippen molar-refractivity contribution in [3.63, 3.8) is 0 Å². The monoisotopic (exact) mass is 264 g/mol. The highest BCUT2D eigenvalue weighted by atomic mass is 32.2. The molecular formula is C11H24N2O3S. The van der Waals surface area contributed by atoms with Gasteiger partial charge in [0.05, 0.1) is 11.8 Å². The number of amides is 1. The average Bonchev–Trinajstić information content (AvgIpc) is 2.08. The van der Waals surface area contributed by atoms with Crippen LogP contribution in [0.4, 0.5) is 0 Å². The zero-order chi connectivity index (χ0) is 13.9. The first kappa shape index (κ1) is 16.4. The van der Waals surface area contributed by atoms with Crippen molar-refractivity contribution in [3.8, 4) is 0 Å². The molecule has 0 saturated carbocycles. The number of rotatable bonds is 5. The Bertz CT molecular complexity index is 357. The lowest BCUT2D eigenvalue weighted by molar-refractivity contribution is -0.132. The quantitative estimate of drug-likeness (QED) is 0.772. The summed E-state index contributed by atoms with van der Waals surface area (Å²) < 4.78 is 22.0. The molecule has 0 aliphatic carbocycles. The summed E-state index contributed by atoms with van der Waals surface area (Å²) in [5, 5.41) is 0. The fourth-order valence-electron chi connectivity index (χ4n) is 1.54. The molecule has 0 aromatic heterocycles. The molecule has 1 atom stereocenters. The van der Waals surface area contributed by atoms with Crippen LogP contribution in [0.3, 0.4) is 0 Å². The summed E-state index contributed by atoms with van der Waals surface area (Å²) in [7, 11) is -1.38. The topological polar surface area (TPSA) is 80.5 Å². The molecule has 1 amide bonds.